The average molecular weight is 165 g/mol. The third kappa shape index (κ3) is 5.87. The molecule has 4 nitrogen and oxygen atoms in total. The van der Waals surface area contributed by atoms with Gasteiger partial charge in [0.2, 0.25) is 0 Å². The number of hydrogen-bond acceptors (Lipinski definition) is 4. The van der Waals surface area contributed by atoms with Crippen LogP contribution in [-0.2, 0) is 4.79 Å². The lowest BCUT2D eigenvalue weighted by molar-refractivity contribution is -0.136. The summed E-state index contributed by atoms with van der Waals surface area (Å²) in [6, 6.07) is 0. The minimum absolute atomic E-state index is 0.00463. The molecule has 5 heteroatoms. The molecule has 0 aliphatic rings. The first-order valence-corrected chi connectivity index (χ1v) is 3.77. The summed E-state index contributed by atoms with van der Waals surface area (Å²) in [6.07, 6.45) is 0. The maximum atomic E-state index is 10.1. The van der Waals surface area contributed by atoms with Gasteiger partial charge in [0.15, 0.2) is 0 Å². The van der Waals surface area contributed by atoms with Crippen LogP contribution in [0.15, 0.2) is 0 Å². The first-order valence-electron chi connectivity index (χ1n) is 2.83. The van der Waals surface area contributed by atoms with Crippen molar-refractivity contribution in [1.82, 2.24) is 4.31 Å². The Morgan fingerprint density at radius 2 is 2.30 bits per heavy atom. The highest BCUT2D eigenvalue weighted by Crippen LogP contribution is 2.03. The molecule has 0 aliphatic heterocycles. The average Bonchev–Trinajstić information content (AvgIpc) is 1.82. The fourth-order valence-electron chi connectivity index (χ4n) is 0.433. The molecule has 0 aromatic rings. The lowest BCUT2D eigenvalue weighted by atomic mass is 10.7. The minimum Gasteiger partial charge on any atom is -0.480 e. The number of rotatable bonds is 5. The van der Waals surface area contributed by atoms with Crippen LogP contribution in [0.4, 0.5) is 0 Å². The van der Waals surface area contributed by atoms with Crippen molar-refractivity contribution in [3.63, 3.8) is 0 Å². The van der Waals surface area contributed by atoms with E-state index in [-0.39, 0.29) is 13.2 Å². The summed E-state index contributed by atoms with van der Waals surface area (Å²) in [5, 5.41) is 16.6. The van der Waals surface area contributed by atoms with Gasteiger partial charge < -0.3 is 10.2 Å². The van der Waals surface area contributed by atoms with Gasteiger partial charge in [-0.25, -0.2) is 4.31 Å². The molecule has 0 aromatic carbocycles. The smallest absolute Gasteiger partial charge is 0.318 e. The predicted octanol–water partition coefficient (Wildman–Crippen LogP) is -0.357. The van der Waals surface area contributed by atoms with Gasteiger partial charge in [-0.3, -0.25) is 4.79 Å². The number of carboxylic acids is 1. The lowest BCUT2D eigenvalue weighted by Gasteiger charge is -2.10. The minimum atomic E-state index is -0.854. The highest BCUT2D eigenvalue weighted by atomic mass is 32.2. The number of nitrogens with zero attached hydrogens (tertiary/aromatic N) is 1. The zero-order valence-corrected chi connectivity index (χ0v) is 6.60. The van der Waals surface area contributed by atoms with Crippen molar-refractivity contribution in [2.75, 3.05) is 26.0 Å². The number of aliphatic hydroxyl groups is 1. The van der Waals surface area contributed by atoms with Gasteiger partial charge >= 0.3 is 5.97 Å². The van der Waals surface area contributed by atoms with Gasteiger partial charge in [0, 0.05) is 5.75 Å². The number of likely N-dealkylation sites (N-methyl/N-ethyl adjacent to an activating group) is 1. The molecule has 0 spiro atoms. The van der Waals surface area contributed by atoms with E-state index >= 15 is 0 Å². The Bertz CT molecular complexity index is 109. The van der Waals surface area contributed by atoms with E-state index in [9.17, 15) is 4.79 Å². The molecular weight excluding hydrogens is 154 g/mol. The second-order valence-electron chi connectivity index (χ2n) is 1.74. The standard InChI is InChI=1S/C5H11NO3S/c1-6(4-5(8)9)10-3-2-7/h7H,2-4H2,1H3,(H,8,9). The lowest BCUT2D eigenvalue weighted by Crippen LogP contribution is -2.19. The molecule has 0 rings (SSSR count). The molecule has 0 radical (unpaired) electrons. The van der Waals surface area contributed by atoms with Crippen molar-refractivity contribution < 1.29 is 15.0 Å². The van der Waals surface area contributed by atoms with Crippen molar-refractivity contribution in [2.24, 2.45) is 0 Å². The molecule has 0 heterocycles. The SMILES string of the molecule is CN(CC(=O)O)SCCO. The highest BCUT2D eigenvalue weighted by molar-refractivity contribution is 7.97. The van der Waals surface area contributed by atoms with E-state index in [1.165, 1.54) is 11.9 Å². The van der Waals surface area contributed by atoms with E-state index in [1.807, 2.05) is 0 Å². The number of carboxylic acid groups (broad SMARTS) is 1. The van der Waals surface area contributed by atoms with Crippen LogP contribution in [0.2, 0.25) is 0 Å². The first-order chi connectivity index (χ1) is 4.66. The molecule has 0 unspecified atom stereocenters. The third-order valence-corrected chi connectivity index (χ3v) is 1.70. The molecule has 0 saturated heterocycles. The van der Waals surface area contributed by atoms with Gasteiger partial charge in [0.25, 0.3) is 0 Å². The molecular formula is C5H11NO3S. The number of aliphatic carboxylic acids is 1. The van der Waals surface area contributed by atoms with Crippen molar-refractivity contribution in [2.45, 2.75) is 0 Å². The summed E-state index contributed by atoms with van der Waals surface area (Å²) >= 11 is 1.31. The van der Waals surface area contributed by atoms with E-state index < -0.39 is 5.97 Å². The first kappa shape index (κ1) is 9.74. The van der Waals surface area contributed by atoms with Gasteiger partial charge in [0.05, 0.1) is 6.61 Å². The fourth-order valence-corrected chi connectivity index (χ4v) is 1.03. The van der Waals surface area contributed by atoms with Crippen molar-refractivity contribution in [3.05, 3.63) is 0 Å². The molecule has 0 atom stereocenters. The topological polar surface area (TPSA) is 60.8 Å². The molecule has 60 valence electrons. The molecule has 0 bridgehead atoms. The summed E-state index contributed by atoms with van der Waals surface area (Å²) in [5.41, 5.74) is 0. The zero-order chi connectivity index (χ0) is 7.98. The Kier molecular flexibility index (Phi) is 5.38. The maximum Gasteiger partial charge on any atom is 0.318 e. The van der Waals surface area contributed by atoms with E-state index in [4.69, 9.17) is 10.2 Å². The van der Waals surface area contributed by atoms with Crippen molar-refractivity contribution in [1.29, 1.82) is 0 Å². The number of hydrogen-bond donors (Lipinski definition) is 2. The zero-order valence-electron chi connectivity index (χ0n) is 5.78. The van der Waals surface area contributed by atoms with Crippen LogP contribution < -0.4 is 0 Å². The summed E-state index contributed by atoms with van der Waals surface area (Å²) in [4.78, 5) is 10.1. The van der Waals surface area contributed by atoms with E-state index in [2.05, 4.69) is 0 Å². The second kappa shape index (κ2) is 5.52. The highest BCUT2D eigenvalue weighted by Gasteiger charge is 2.02. The monoisotopic (exact) mass is 165 g/mol. The van der Waals surface area contributed by atoms with Crippen LogP contribution in [0, 0.1) is 0 Å². The molecule has 0 aromatic heterocycles. The Labute approximate surface area is 64.0 Å². The van der Waals surface area contributed by atoms with Gasteiger partial charge in [-0.2, -0.15) is 0 Å². The van der Waals surface area contributed by atoms with E-state index in [1.54, 1.807) is 11.4 Å². The summed E-state index contributed by atoms with van der Waals surface area (Å²) in [7, 11) is 1.68. The third-order valence-electron chi connectivity index (χ3n) is 0.761. The van der Waals surface area contributed by atoms with Crippen LogP contribution >= 0.6 is 11.9 Å². The molecule has 10 heavy (non-hydrogen) atoms. The number of aliphatic hydroxyl groups excluding tert-OH is 1. The summed E-state index contributed by atoms with van der Waals surface area (Å²) < 4.78 is 1.57. The van der Waals surface area contributed by atoms with E-state index in [0.717, 1.165) is 0 Å². The van der Waals surface area contributed by atoms with Crippen LogP contribution in [0.3, 0.4) is 0 Å². The normalized spacial score (nSPS) is 10.3. The largest absolute Gasteiger partial charge is 0.480 e. The Morgan fingerprint density at radius 1 is 1.70 bits per heavy atom. The second-order valence-corrected chi connectivity index (χ2v) is 3.03. The molecule has 0 fully saturated rings. The fraction of sp³-hybridized carbons (Fsp3) is 0.800. The molecule has 0 aliphatic carbocycles. The van der Waals surface area contributed by atoms with Gasteiger partial charge in [-0.15, -0.1) is 0 Å². The molecule has 0 amide bonds. The van der Waals surface area contributed by atoms with Crippen molar-refractivity contribution in [3.8, 4) is 0 Å². The molecule has 0 saturated carbocycles. The summed E-state index contributed by atoms with van der Waals surface area (Å²) in [6.45, 7) is 0.0826. The van der Waals surface area contributed by atoms with E-state index in [0.29, 0.717) is 5.75 Å². The Hall–Kier alpha value is -0.260. The quantitative estimate of drug-likeness (QED) is 0.545. The van der Waals surface area contributed by atoms with Gasteiger partial charge in [0.1, 0.15) is 6.54 Å². The Morgan fingerprint density at radius 3 is 2.70 bits per heavy atom. The van der Waals surface area contributed by atoms with Gasteiger partial charge in [-0.1, -0.05) is 11.9 Å². The maximum absolute atomic E-state index is 10.1. The van der Waals surface area contributed by atoms with Crippen LogP contribution in [0.25, 0.3) is 0 Å². The van der Waals surface area contributed by atoms with Gasteiger partial charge in [-0.05, 0) is 7.05 Å². The van der Waals surface area contributed by atoms with Crippen molar-refractivity contribution >= 4 is 17.9 Å². The molecule has 2 N–H and O–H groups in total. The number of carbonyl (C=O) groups is 1. The predicted molar refractivity (Wildman–Crippen MR) is 39.8 cm³/mol. The Balaban J connectivity index is 3.25. The van der Waals surface area contributed by atoms with Crippen LogP contribution in [0.1, 0.15) is 0 Å². The van der Waals surface area contributed by atoms with Crippen LogP contribution in [0.5, 0.6) is 0 Å². The summed E-state index contributed by atoms with van der Waals surface area (Å²) in [5.74, 6) is -0.308. The van der Waals surface area contributed by atoms with Crippen LogP contribution in [-0.4, -0.2) is 46.4 Å².